The maximum Gasteiger partial charge on any atom is 0.168 e. The predicted molar refractivity (Wildman–Crippen MR) is 79.4 cm³/mol. The molecule has 1 aromatic heterocycles. The van der Waals surface area contributed by atoms with Gasteiger partial charge in [-0.2, -0.15) is 0 Å². The van der Waals surface area contributed by atoms with Crippen molar-refractivity contribution in [2.45, 2.75) is 0 Å². The molecule has 3 rings (SSSR count). The van der Waals surface area contributed by atoms with E-state index in [2.05, 4.69) is 15.3 Å². The molecule has 1 heterocycles. The third-order valence-corrected chi connectivity index (χ3v) is 3.32. The Kier molecular flexibility index (Phi) is 3.43. The Bertz CT molecular complexity index is 816. The number of anilines is 1. The van der Waals surface area contributed by atoms with Gasteiger partial charge < -0.3 is 5.32 Å². The van der Waals surface area contributed by atoms with Crippen molar-refractivity contribution in [2.75, 3.05) is 12.4 Å². The van der Waals surface area contributed by atoms with E-state index in [4.69, 9.17) is 11.6 Å². The number of halogens is 3. The van der Waals surface area contributed by atoms with Gasteiger partial charge in [0.1, 0.15) is 17.5 Å². The van der Waals surface area contributed by atoms with Crippen molar-refractivity contribution in [3.63, 3.8) is 0 Å². The minimum absolute atomic E-state index is 0.00947. The maximum atomic E-state index is 13.9. The summed E-state index contributed by atoms with van der Waals surface area (Å²) in [6, 6.07) is 8.69. The molecule has 0 aliphatic carbocycles. The summed E-state index contributed by atoms with van der Waals surface area (Å²) < 4.78 is 27.7. The van der Waals surface area contributed by atoms with Gasteiger partial charge in [0.2, 0.25) is 0 Å². The lowest BCUT2D eigenvalue weighted by Gasteiger charge is -2.09. The molecule has 3 aromatic rings. The van der Waals surface area contributed by atoms with Crippen LogP contribution in [0.4, 0.5) is 14.6 Å². The number of fused-ring (bicyclic) bond motifs is 1. The van der Waals surface area contributed by atoms with E-state index in [0.29, 0.717) is 21.7 Å². The number of nitrogens with one attached hydrogen (secondary N) is 1. The highest BCUT2D eigenvalue weighted by Gasteiger charge is 2.16. The summed E-state index contributed by atoms with van der Waals surface area (Å²) in [5.74, 6) is -0.958. The number of benzene rings is 2. The summed E-state index contributed by atoms with van der Waals surface area (Å²) in [6.45, 7) is 0. The van der Waals surface area contributed by atoms with Crippen molar-refractivity contribution >= 4 is 28.3 Å². The molecule has 0 aliphatic rings. The molecule has 6 heteroatoms. The molecule has 0 saturated carbocycles. The van der Waals surface area contributed by atoms with Crippen LogP contribution in [0.1, 0.15) is 0 Å². The minimum Gasteiger partial charge on any atom is -0.373 e. The molecule has 21 heavy (non-hydrogen) atoms. The van der Waals surface area contributed by atoms with Gasteiger partial charge in [0.05, 0.1) is 11.1 Å². The number of rotatable bonds is 2. The largest absolute Gasteiger partial charge is 0.373 e. The highest BCUT2D eigenvalue weighted by molar-refractivity contribution is 6.31. The zero-order chi connectivity index (χ0) is 15.0. The van der Waals surface area contributed by atoms with Crippen LogP contribution in [-0.2, 0) is 0 Å². The average Bonchev–Trinajstić information content (AvgIpc) is 2.46. The van der Waals surface area contributed by atoms with Crippen LogP contribution in [0.2, 0.25) is 5.02 Å². The molecule has 0 atom stereocenters. The van der Waals surface area contributed by atoms with Gasteiger partial charge in [0, 0.05) is 17.5 Å². The standard InChI is InChI=1S/C15H10ClF2N3/c1-19-14-9-7-8(16)5-6-12(9)20-15(21-14)13-10(17)3-2-4-11(13)18/h2-7H,1H3,(H,19,20,21). The number of aromatic nitrogens is 2. The van der Waals surface area contributed by atoms with Crippen LogP contribution in [0, 0.1) is 11.6 Å². The number of hydrogen-bond acceptors (Lipinski definition) is 3. The van der Waals surface area contributed by atoms with E-state index in [1.54, 1.807) is 25.2 Å². The van der Waals surface area contributed by atoms with Gasteiger partial charge in [0.15, 0.2) is 5.82 Å². The molecule has 0 bridgehead atoms. The summed E-state index contributed by atoms with van der Waals surface area (Å²) in [6.07, 6.45) is 0. The molecule has 0 spiro atoms. The van der Waals surface area contributed by atoms with E-state index in [9.17, 15) is 8.78 Å². The molecule has 106 valence electrons. The lowest BCUT2D eigenvalue weighted by Crippen LogP contribution is -2.01. The number of hydrogen-bond donors (Lipinski definition) is 1. The quantitative estimate of drug-likeness (QED) is 0.768. The third-order valence-electron chi connectivity index (χ3n) is 3.08. The van der Waals surface area contributed by atoms with Crippen molar-refractivity contribution in [1.29, 1.82) is 0 Å². The van der Waals surface area contributed by atoms with Crippen molar-refractivity contribution in [3.8, 4) is 11.4 Å². The Morgan fingerprint density at radius 1 is 1.05 bits per heavy atom. The molecule has 0 aliphatic heterocycles. The molecule has 0 fully saturated rings. The Hall–Kier alpha value is -2.27. The Labute approximate surface area is 124 Å². The Morgan fingerprint density at radius 2 is 1.76 bits per heavy atom. The summed E-state index contributed by atoms with van der Waals surface area (Å²) >= 11 is 5.95. The molecule has 2 aromatic carbocycles. The van der Waals surface area contributed by atoms with Gasteiger partial charge in [0.25, 0.3) is 0 Å². The minimum atomic E-state index is -0.703. The van der Waals surface area contributed by atoms with Gasteiger partial charge in [-0.1, -0.05) is 17.7 Å². The second-order valence-electron chi connectivity index (χ2n) is 4.40. The molecule has 0 radical (unpaired) electrons. The van der Waals surface area contributed by atoms with Crippen molar-refractivity contribution in [1.82, 2.24) is 9.97 Å². The van der Waals surface area contributed by atoms with Crippen LogP contribution < -0.4 is 5.32 Å². The molecule has 0 unspecified atom stereocenters. The first-order valence-corrected chi connectivity index (χ1v) is 6.57. The highest BCUT2D eigenvalue weighted by atomic mass is 35.5. The second-order valence-corrected chi connectivity index (χ2v) is 4.84. The van der Waals surface area contributed by atoms with E-state index in [1.807, 2.05) is 0 Å². The first-order chi connectivity index (χ1) is 10.1. The fourth-order valence-corrected chi connectivity index (χ4v) is 2.29. The SMILES string of the molecule is CNc1nc(-c2c(F)cccc2F)nc2ccc(Cl)cc12. The van der Waals surface area contributed by atoms with Crippen molar-refractivity contribution < 1.29 is 8.78 Å². The van der Waals surface area contributed by atoms with Gasteiger partial charge in [-0.3, -0.25) is 0 Å². The van der Waals surface area contributed by atoms with Crippen molar-refractivity contribution in [3.05, 3.63) is 53.1 Å². The fourth-order valence-electron chi connectivity index (χ4n) is 2.11. The van der Waals surface area contributed by atoms with Crippen LogP contribution in [-0.4, -0.2) is 17.0 Å². The zero-order valence-electron chi connectivity index (χ0n) is 11.0. The maximum absolute atomic E-state index is 13.9. The highest BCUT2D eigenvalue weighted by Crippen LogP contribution is 2.29. The van der Waals surface area contributed by atoms with Gasteiger partial charge >= 0.3 is 0 Å². The van der Waals surface area contributed by atoms with E-state index in [0.717, 1.165) is 0 Å². The topological polar surface area (TPSA) is 37.8 Å². The van der Waals surface area contributed by atoms with Gasteiger partial charge in [-0.15, -0.1) is 0 Å². The molecular formula is C15H10ClF2N3. The first-order valence-electron chi connectivity index (χ1n) is 6.19. The van der Waals surface area contributed by atoms with Crippen molar-refractivity contribution in [2.24, 2.45) is 0 Å². The monoisotopic (exact) mass is 305 g/mol. The normalized spacial score (nSPS) is 10.9. The Morgan fingerprint density at radius 3 is 2.43 bits per heavy atom. The Balaban J connectivity index is 2.32. The zero-order valence-corrected chi connectivity index (χ0v) is 11.7. The van der Waals surface area contributed by atoms with Crippen LogP contribution in [0.15, 0.2) is 36.4 Å². The smallest absolute Gasteiger partial charge is 0.168 e. The summed E-state index contributed by atoms with van der Waals surface area (Å²) in [5, 5.41) is 4.11. The van der Waals surface area contributed by atoms with E-state index in [-0.39, 0.29) is 11.4 Å². The summed E-state index contributed by atoms with van der Waals surface area (Å²) in [7, 11) is 1.67. The van der Waals surface area contributed by atoms with Gasteiger partial charge in [-0.25, -0.2) is 18.7 Å². The molecule has 1 N–H and O–H groups in total. The van der Waals surface area contributed by atoms with Crippen LogP contribution in [0.3, 0.4) is 0 Å². The number of nitrogens with zero attached hydrogens (tertiary/aromatic N) is 2. The first kappa shape index (κ1) is 13.7. The van der Waals surface area contributed by atoms with Gasteiger partial charge in [-0.05, 0) is 30.3 Å². The third kappa shape index (κ3) is 2.40. The summed E-state index contributed by atoms with van der Waals surface area (Å²) in [5.41, 5.74) is 0.308. The molecule has 3 nitrogen and oxygen atoms in total. The average molecular weight is 306 g/mol. The van der Waals surface area contributed by atoms with Crippen LogP contribution in [0.25, 0.3) is 22.3 Å². The molecular weight excluding hydrogens is 296 g/mol. The molecule has 0 saturated heterocycles. The van der Waals surface area contributed by atoms with E-state index in [1.165, 1.54) is 18.2 Å². The molecule has 0 amide bonds. The second kappa shape index (κ2) is 5.26. The lowest BCUT2D eigenvalue weighted by atomic mass is 10.1. The van der Waals surface area contributed by atoms with Crippen LogP contribution >= 0.6 is 11.6 Å². The van der Waals surface area contributed by atoms with E-state index < -0.39 is 11.6 Å². The van der Waals surface area contributed by atoms with E-state index >= 15 is 0 Å². The summed E-state index contributed by atoms with van der Waals surface area (Å²) in [4.78, 5) is 8.42. The van der Waals surface area contributed by atoms with Crippen LogP contribution in [0.5, 0.6) is 0 Å². The predicted octanol–water partition coefficient (Wildman–Crippen LogP) is 4.27. The lowest BCUT2D eigenvalue weighted by molar-refractivity contribution is 0.587. The fraction of sp³-hybridized carbons (Fsp3) is 0.0667.